The fourth-order valence-electron chi connectivity index (χ4n) is 5.36. The summed E-state index contributed by atoms with van der Waals surface area (Å²) in [5, 5.41) is 2.69. The smallest absolute Gasteiger partial charge is 0.276 e. The zero-order valence-electron chi connectivity index (χ0n) is 21.0. The van der Waals surface area contributed by atoms with E-state index in [0.717, 1.165) is 6.42 Å². The summed E-state index contributed by atoms with van der Waals surface area (Å²) in [4.78, 5) is 28.0. The lowest BCUT2D eigenvalue weighted by Crippen LogP contribution is -2.58. The molecule has 5 rings (SSSR count). The van der Waals surface area contributed by atoms with Gasteiger partial charge in [-0.25, -0.2) is 17.5 Å². The topological polar surface area (TPSA) is 119 Å². The van der Waals surface area contributed by atoms with Gasteiger partial charge in [0.15, 0.2) is 11.4 Å². The Morgan fingerprint density at radius 2 is 2.08 bits per heavy atom. The quantitative estimate of drug-likeness (QED) is 0.623. The van der Waals surface area contributed by atoms with Gasteiger partial charge < -0.3 is 24.3 Å². The van der Waals surface area contributed by atoms with Crippen LogP contribution >= 0.6 is 0 Å². The van der Waals surface area contributed by atoms with Crippen molar-refractivity contribution in [3.63, 3.8) is 0 Å². The summed E-state index contributed by atoms with van der Waals surface area (Å²) in [6.07, 6.45) is 3.26. The number of nitrogens with one attached hydrogen (secondary N) is 2. The third-order valence-electron chi connectivity index (χ3n) is 7.46. The summed E-state index contributed by atoms with van der Waals surface area (Å²) in [5.41, 5.74) is -0.0979. The van der Waals surface area contributed by atoms with Crippen molar-refractivity contribution in [2.24, 2.45) is 13.0 Å². The van der Waals surface area contributed by atoms with Crippen molar-refractivity contribution in [2.45, 2.75) is 49.6 Å². The Bertz CT molecular complexity index is 1350. The van der Waals surface area contributed by atoms with E-state index in [9.17, 15) is 22.4 Å². The van der Waals surface area contributed by atoms with Crippen LogP contribution in [0.2, 0.25) is 0 Å². The molecule has 2 amide bonds. The second kappa shape index (κ2) is 9.41. The molecular weight excluding hydrogens is 503 g/mol. The Morgan fingerprint density at radius 1 is 1.30 bits per heavy atom. The average Bonchev–Trinajstić information content (AvgIpc) is 3.43. The second-order valence-corrected chi connectivity index (χ2v) is 11.9. The molecule has 200 valence electrons. The van der Waals surface area contributed by atoms with Crippen molar-refractivity contribution in [3.05, 3.63) is 41.5 Å². The number of carbonyl (C=O) groups is 2. The number of amides is 2. The number of aromatic nitrogens is 1. The number of sulfonamides is 1. The minimum Gasteiger partial charge on any atom is -0.489 e. The number of aryl methyl sites for hydroxylation is 2. The van der Waals surface area contributed by atoms with Gasteiger partial charge in [0.05, 0.1) is 6.61 Å². The molecular formula is C25H31FN4O6S. The number of halogens is 1. The number of rotatable bonds is 3. The number of fused-ring (bicyclic) bond motifs is 2. The highest BCUT2D eigenvalue weighted by atomic mass is 32.2. The van der Waals surface area contributed by atoms with Gasteiger partial charge in [-0.1, -0.05) is 0 Å². The van der Waals surface area contributed by atoms with Crippen LogP contribution in [0.1, 0.15) is 42.2 Å². The van der Waals surface area contributed by atoms with E-state index >= 15 is 0 Å². The van der Waals surface area contributed by atoms with Gasteiger partial charge in [-0.05, 0) is 56.9 Å². The van der Waals surface area contributed by atoms with Gasteiger partial charge in [-0.15, -0.1) is 0 Å². The van der Waals surface area contributed by atoms with Crippen molar-refractivity contribution in [1.82, 2.24) is 14.2 Å². The Kier molecular flexibility index (Phi) is 6.53. The maximum Gasteiger partial charge on any atom is 0.276 e. The van der Waals surface area contributed by atoms with Crippen LogP contribution in [0.3, 0.4) is 0 Å². The molecule has 12 heteroatoms. The Labute approximate surface area is 215 Å². The molecule has 0 aliphatic carbocycles. The average molecular weight is 535 g/mol. The van der Waals surface area contributed by atoms with Gasteiger partial charge in [0.2, 0.25) is 10.0 Å². The summed E-state index contributed by atoms with van der Waals surface area (Å²) in [5.74, 6) is -1.45. The summed E-state index contributed by atoms with van der Waals surface area (Å²) >= 11 is 0. The molecule has 2 saturated heterocycles. The predicted octanol–water partition coefficient (Wildman–Crippen LogP) is 2.18. The monoisotopic (exact) mass is 534 g/mol. The maximum absolute atomic E-state index is 13.6. The molecule has 1 unspecified atom stereocenters. The summed E-state index contributed by atoms with van der Waals surface area (Å²) in [6, 6.07) is 3.75. The molecule has 0 radical (unpaired) electrons. The van der Waals surface area contributed by atoms with Crippen LogP contribution in [-0.4, -0.2) is 67.6 Å². The van der Waals surface area contributed by atoms with Crippen molar-refractivity contribution in [3.8, 4) is 5.75 Å². The molecule has 1 aromatic carbocycles. The lowest BCUT2D eigenvalue weighted by atomic mass is 9.91. The number of benzene rings is 1. The van der Waals surface area contributed by atoms with Gasteiger partial charge in [0, 0.05) is 50.6 Å². The van der Waals surface area contributed by atoms with Gasteiger partial charge in [-0.3, -0.25) is 9.59 Å². The molecule has 3 aliphatic heterocycles. The zero-order chi connectivity index (χ0) is 26.5. The third kappa shape index (κ3) is 4.73. The van der Waals surface area contributed by atoms with E-state index in [-0.39, 0.29) is 34.8 Å². The van der Waals surface area contributed by atoms with Crippen LogP contribution in [0.4, 0.5) is 10.1 Å². The van der Waals surface area contributed by atoms with Crippen molar-refractivity contribution >= 4 is 27.5 Å². The van der Waals surface area contributed by atoms with Crippen LogP contribution in [0, 0.1) is 18.7 Å². The summed E-state index contributed by atoms with van der Waals surface area (Å²) < 4.78 is 56.2. The SMILES string of the molecule is Cc1cc(NC(=O)c2c3c(cn2C)S(=O)(=O)N[C@@H]2CCN(C(=O)C4(C)CCCO4)C[C@@H]2CO3)ccc1F. The highest BCUT2D eigenvalue weighted by molar-refractivity contribution is 7.89. The van der Waals surface area contributed by atoms with Gasteiger partial charge in [0.25, 0.3) is 11.8 Å². The molecule has 0 spiro atoms. The number of piperidine rings is 1. The fourth-order valence-corrected chi connectivity index (χ4v) is 6.89. The Morgan fingerprint density at radius 3 is 2.78 bits per heavy atom. The maximum atomic E-state index is 13.6. The van der Waals surface area contributed by atoms with E-state index < -0.39 is 33.4 Å². The number of likely N-dealkylation sites (tertiary alicyclic amines) is 1. The molecule has 1 aromatic heterocycles. The van der Waals surface area contributed by atoms with Crippen LogP contribution in [0.25, 0.3) is 0 Å². The third-order valence-corrected chi connectivity index (χ3v) is 8.95. The van der Waals surface area contributed by atoms with E-state index in [1.165, 1.54) is 29.0 Å². The van der Waals surface area contributed by atoms with Crippen molar-refractivity contribution in [2.75, 3.05) is 31.6 Å². The summed E-state index contributed by atoms with van der Waals surface area (Å²) in [6.45, 7) is 4.76. The van der Waals surface area contributed by atoms with E-state index in [4.69, 9.17) is 9.47 Å². The van der Waals surface area contributed by atoms with Gasteiger partial charge in [0.1, 0.15) is 16.3 Å². The standard InChI is InChI=1S/C25H31FN4O6S/c1-15-11-17(5-6-18(15)26)27-23(31)21-22-20(13-29(21)3)37(33,34)28-19-7-9-30(12-16(19)14-35-22)24(32)25(2)8-4-10-36-25/h5-6,11,13,16,19,28H,4,7-10,12,14H2,1-3H3,(H,27,31)/t16-,19-,25?/m1/s1. The molecule has 2 fully saturated rings. The van der Waals surface area contributed by atoms with Crippen LogP contribution in [0.15, 0.2) is 29.3 Å². The van der Waals surface area contributed by atoms with Crippen LogP contribution in [-0.2, 0) is 26.6 Å². The normalized spacial score (nSPS) is 26.9. The molecule has 37 heavy (non-hydrogen) atoms. The van der Waals surface area contributed by atoms with Crippen LogP contribution in [0.5, 0.6) is 5.75 Å². The summed E-state index contributed by atoms with van der Waals surface area (Å²) in [7, 11) is -2.45. The molecule has 2 aromatic rings. The van der Waals surface area contributed by atoms with Crippen molar-refractivity contribution < 1.29 is 31.9 Å². The van der Waals surface area contributed by atoms with E-state index in [1.54, 1.807) is 25.8 Å². The largest absolute Gasteiger partial charge is 0.489 e. The lowest BCUT2D eigenvalue weighted by molar-refractivity contribution is -0.153. The molecule has 4 heterocycles. The molecule has 3 atom stereocenters. The van der Waals surface area contributed by atoms with Gasteiger partial charge in [-0.2, -0.15) is 0 Å². The number of hydrogen-bond acceptors (Lipinski definition) is 6. The minimum absolute atomic E-state index is 0.0245. The number of carbonyl (C=O) groups excluding carboxylic acids is 2. The number of anilines is 1. The minimum atomic E-state index is -4.01. The molecule has 3 aliphatic rings. The lowest BCUT2D eigenvalue weighted by Gasteiger charge is -2.41. The molecule has 0 bridgehead atoms. The Hall–Kier alpha value is -2.96. The van der Waals surface area contributed by atoms with Crippen molar-refractivity contribution in [1.29, 1.82) is 0 Å². The number of hydrogen-bond donors (Lipinski definition) is 2. The predicted molar refractivity (Wildman–Crippen MR) is 132 cm³/mol. The number of ether oxygens (including phenoxy) is 2. The Balaban J connectivity index is 1.40. The van der Waals surface area contributed by atoms with Gasteiger partial charge >= 0.3 is 0 Å². The fraction of sp³-hybridized carbons (Fsp3) is 0.520. The highest BCUT2D eigenvalue weighted by Gasteiger charge is 2.45. The molecule has 0 saturated carbocycles. The van der Waals surface area contributed by atoms with Crippen LogP contribution < -0.4 is 14.8 Å². The first kappa shape index (κ1) is 25.7. The molecule has 10 nitrogen and oxygen atoms in total. The van der Waals surface area contributed by atoms with E-state index in [2.05, 4.69) is 10.0 Å². The molecule has 2 N–H and O–H groups in total. The second-order valence-electron chi connectivity index (χ2n) is 10.2. The van der Waals surface area contributed by atoms with E-state index in [1.807, 2.05) is 0 Å². The zero-order valence-corrected chi connectivity index (χ0v) is 21.9. The highest BCUT2D eigenvalue weighted by Crippen LogP contribution is 2.36. The number of nitrogens with zero attached hydrogens (tertiary/aromatic N) is 2. The first-order chi connectivity index (χ1) is 17.5. The first-order valence-electron chi connectivity index (χ1n) is 12.3. The van der Waals surface area contributed by atoms with E-state index in [0.29, 0.717) is 43.8 Å². The first-order valence-corrected chi connectivity index (χ1v) is 13.8.